The number of rotatable bonds is 4. The van der Waals surface area contributed by atoms with E-state index in [4.69, 9.17) is 4.74 Å². The van der Waals surface area contributed by atoms with Gasteiger partial charge in [-0.3, -0.25) is 4.68 Å². The van der Waals surface area contributed by atoms with Crippen LogP contribution in [0.1, 0.15) is 56.5 Å². The maximum absolute atomic E-state index is 6.08. The molecule has 0 bridgehead atoms. The van der Waals surface area contributed by atoms with Gasteiger partial charge in [-0.25, -0.2) is 0 Å². The fourth-order valence-corrected chi connectivity index (χ4v) is 3.92. The second kappa shape index (κ2) is 5.49. The van der Waals surface area contributed by atoms with Crippen molar-refractivity contribution in [2.75, 3.05) is 13.2 Å². The van der Waals surface area contributed by atoms with Crippen LogP contribution in [0.25, 0.3) is 0 Å². The van der Waals surface area contributed by atoms with Crippen molar-refractivity contribution >= 4 is 0 Å². The molecule has 1 N–H and O–H groups in total. The number of aromatic nitrogens is 2. The molecule has 3 rings (SSSR count). The fraction of sp³-hybridized carbons (Fsp3) is 0.812. The highest BCUT2D eigenvalue weighted by molar-refractivity contribution is 5.15. The average molecular weight is 277 g/mol. The van der Waals surface area contributed by atoms with E-state index in [9.17, 15) is 0 Å². The van der Waals surface area contributed by atoms with Gasteiger partial charge in [-0.05, 0) is 57.6 Å². The van der Waals surface area contributed by atoms with E-state index in [1.807, 2.05) is 4.68 Å². The summed E-state index contributed by atoms with van der Waals surface area (Å²) in [5.74, 6) is 0.666. The van der Waals surface area contributed by atoms with Crippen LogP contribution in [0.2, 0.25) is 0 Å². The van der Waals surface area contributed by atoms with Crippen molar-refractivity contribution in [3.8, 4) is 0 Å². The van der Waals surface area contributed by atoms with Gasteiger partial charge in [0.2, 0.25) is 0 Å². The lowest BCUT2D eigenvalue weighted by Crippen LogP contribution is -2.48. The van der Waals surface area contributed by atoms with Crippen LogP contribution in [0.4, 0.5) is 0 Å². The molecular formula is C16H27N3O. The molecule has 2 fully saturated rings. The van der Waals surface area contributed by atoms with E-state index in [1.54, 1.807) is 0 Å². The predicted molar refractivity (Wildman–Crippen MR) is 79.6 cm³/mol. The smallest absolute Gasteiger partial charge is 0.0686 e. The Kier molecular flexibility index (Phi) is 3.87. The molecule has 0 radical (unpaired) electrons. The highest BCUT2D eigenvalue weighted by Gasteiger charge is 2.44. The van der Waals surface area contributed by atoms with Gasteiger partial charge in [0.05, 0.1) is 23.0 Å². The summed E-state index contributed by atoms with van der Waals surface area (Å²) in [6.45, 7) is 6.18. The molecular weight excluding hydrogens is 250 g/mol. The van der Waals surface area contributed by atoms with E-state index in [2.05, 4.69) is 37.4 Å². The lowest BCUT2D eigenvalue weighted by molar-refractivity contribution is -0.147. The van der Waals surface area contributed by atoms with E-state index >= 15 is 0 Å². The first-order chi connectivity index (χ1) is 9.63. The van der Waals surface area contributed by atoms with Crippen molar-refractivity contribution < 1.29 is 4.74 Å². The minimum absolute atomic E-state index is 0.213. The highest BCUT2D eigenvalue weighted by Crippen LogP contribution is 2.47. The molecule has 1 aromatic heterocycles. The molecule has 1 spiro atoms. The minimum Gasteiger partial charge on any atom is -0.375 e. The van der Waals surface area contributed by atoms with E-state index in [0.717, 1.165) is 25.3 Å². The van der Waals surface area contributed by atoms with Gasteiger partial charge in [-0.15, -0.1) is 0 Å². The first kappa shape index (κ1) is 14.1. The number of nitrogens with one attached hydrogen (secondary N) is 1. The topological polar surface area (TPSA) is 39.1 Å². The Hall–Kier alpha value is -0.870. The summed E-state index contributed by atoms with van der Waals surface area (Å²) in [6, 6.07) is 2.64. The standard InChI is InChI=1S/C16H27N3O/c1-4-17-15(14-10-12(2)18-19(14)3)13-6-9-20-16(11-13)7-5-8-16/h10,13,15,17H,4-9,11H2,1-3H3. The number of ether oxygens (including phenoxy) is 1. The zero-order chi connectivity index (χ0) is 14.2. The van der Waals surface area contributed by atoms with Crippen LogP contribution in [0.15, 0.2) is 6.07 Å². The van der Waals surface area contributed by atoms with Crippen molar-refractivity contribution in [2.24, 2.45) is 13.0 Å². The second-order valence-electron chi connectivity index (χ2n) is 6.51. The van der Waals surface area contributed by atoms with Crippen LogP contribution >= 0.6 is 0 Å². The van der Waals surface area contributed by atoms with Gasteiger partial charge in [0.15, 0.2) is 0 Å². The third kappa shape index (κ3) is 2.51. The Balaban J connectivity index is 1.81. The Morgan fingerprint density at radius 3 is 2.90 bits per heavy atom. The molecule has 4 heteroatoms. The molecule has 2 heterocycles. The van der Waals surface area contributed by atoms with Crippen molar-refractivity contribution in [2.45, 2.75) is 57.6 Å². The maximum atomic E-state index is 6.08. The van der Waals surface area contributed by atoms with Crippen LogP contribution in [0.5, 0.6) is 0 Å². The molecule has 4 nitrogen and oxygen atoms in total. The molecule has 1 aliphatic carbocycles. The van der Waals surface area contributed by atoms with E-state index < -0.39 is 0 Å². The Bertz CT molecular complexity index is 464. The quantitative estimate of drug-likeness (QED) is 0.920. The van der Waals surface area contributed by atoms with Gasteiger partial charge in [0.25, 0.3) is 0 Å². The zero-order valence-electron chi connectivity index (χ0n) is 13.0. The van der Waals surface area contributed by atoms with Gasteiger partial charge < -0.3 is 10.1 Å². The zero-order valence-corrected chi connectivity index (χ0v) is 13.0. The molecule has 20 heavy (non-hydrogen) atoms. The van der Waals surface area contributed by atoms with E-state index in [0.29, 0.717) is 12.0 Å². The first-order valence-corrected chi connectivity index (χ1v) is 8.01. The summed E-state index contributed by atoms with van der Waals surface area (Å²) >= 11 is 0. The molecule has 1 saturated heterocycles. The monoisotopic (exact) mass is 277 g/mol. The Morgan fingerprint density at radius 2 is 2.35 bits per heavy atom. The second-order valence-corrected chi connectivity index (χ2v) is 6.51. The summed E-state index contributed by atoms with van der Waals surface area (Å²) in [6.07, 6.45) is 6.21. The number of aryl methyl sites for hydroxylation is 2. The third-order valence-electron chi connectivity index (χ3n) is 5.05. The first-order valence-electron chi connectivity index (χ1n) is 8.01. The molecule has 1 aromatic rings. The van der Waals surface area contributed by atoms with Crippen molar-refractivity contribution in [1.29, 1.82) is 0 Å². The van der Waals surface area contributed by atoms with Gasteiger partial charge >= 0.3 is 0 Å². The van der Waals surface area contributed by atoms with Crippen LogP contribution in [-0.2, 0) is 11.8 Å². The molecule has 1 aliphatic heterocycles. The number of nitrogens with zero attached hydrogens (tertiary/aromatic N) is 2. The fourth-order valence-electron chi connectivity index (χ4n) is 3.92. The van der Waals surface area contributed by atoms with Crippen LogP contribution in [-0.4, -0.2) is 28.5 Å². The molecule has 1 saturated carbocycles. The lowest BCUT2D eigenvalue weighted by atomic mass is 9.70. The van der Waals surface area contributed by atoms with Crippen LogP contribution < -0.4 is 5.32 Å². The summed E-state index contributed by atoms with van der Waals surface area (Å²) < 4.78 is 8.13. The molecule has 0 aromatic carbocycles. The van der Waals surface area contributed by atoms with Gasteiger partial charge in [-0.1, -0.05) is 6.92 Å². The maximum Gasteiger partial charge on any atom is 0.0686 e. The normalized spacial score (nSPS) is 26.4. The van der Waals surface area contributed by atoms with Crippen molar-refractivity contribution in [1.82, 2.24) is 15.1 Å². The van der Waals surface area contributed by atoms with Gasteiger partial charge in [-0.2, -0.15) is 5.10 Å². The van der Waals surface area contributed by atoms with Crippen LogP contribution in [0.3, 0.4) is 0 Å². The number of hydrogen-bond acceptors (Lipinski definition) is 3. The van der Waals surface area contributed by atoms with Gasteiger partial charge in [0.1, 0.15) is 0 Å². The molecule has 0 amide bonds. The van der Waals surface area contributed by atoms with E-state index in [-0.39, 0.29) is 5.60 Å². The van der Waals surface area contributed by atoms with E-state index in [1.165, 1.54) is 31.4 Å². The van der Waals surface area contributed by atoms with Crippen molar-refractivity contribution in [3.63, 3.8) is 0 Å². The summed E-state index contributed by atoms with van der Waals surface area (Å²) in [5, 5.41) is 8.22. The Morgan fingerprint density at radius 1 is 1.55 bits per heavy atom. The predicted octanol–water partition coefficient (Wildman–Crippen LogP) is 2.73. The molecule has 112 valence electrons. The lowest BCUT2D eigenvalue weighted by Gasteiger charge is -2.48. The Labute approximate surface area is 121 Å². The SMILES string of the molecule is CCNC(c1cc(C)nn1C)C1CCOC2(CCC2)C1. The third-order valence-corrected chi connectivity index (χ3v) is 5.05. The summed E-state index contributed by atoms with van der Waals surface area (Å²) in [7, 11) is 2.06. The van der Waals surface area contributed by atoms with Gasteiger partial charge in [0, 0.05) is 13.7 Å². The summed E-state index contributed by atoms with van der Waals surface area (Å²) in [5.41, 5.74) is 2.64. The summed E-state index contributed by atoms with van der Waals surface area (Å²) in [4.78, 5) is 0. The minimum atomic E-state index is 0.213. The molecule has 2 atom stereocenters. The highest BCUT2D eigenvalue weighted by atomic mass is 16.5. The largest absolute Gasteiger partial charge is 0.375 e. The molecule has 2 aliphatic rings. The molecule has 2 unspecified atom stereocenters. The van der Waals surface area contributed by atoms with Crippen molar-refractivity contribution in [3.05, 3.63) is 17.5 Å². The number of hydrogen-bond donors (Lipinski definition) is 1. The average Bonchev–Trinajstić information content (AvgIpc) is 2.73. The van der Waals surface area contributed by atoms with Crippen LogP contribution in [0, 0.1) is 12.8 Å².